The van der Waals surface area contributed by atoms with E-state index in [0.717, 1.165) is 0 Å². The highest BCUT2D eigenvalue weighted by Crippen LogP contribution is 2.29. The number of esters is 1. The van der Waals surface area contributed by atoms with Crippen LogP contribution in [0.5, 0.6) is 0 Å². The van der Waals surface area contributed by atoms with Crippen LogP contribution >= 0.6 is 0 Å². The van der Waals surface area contributed by atoms with E-state index in [4.69, 9.17) is 0 Å². The van der Waals surface area contributed by atoms with E-state index >= 15 is 0 Å². The SMILES string of the molecule is CCOC(=O)c1cc(C(F)(F)F)c(=O)[nH]c1C(F)F. The van der Waals surface area contributed by atoms with Crippen molar-refractivity contribution in [3.8, 4) is 0 Å². The lowest BCUT2D eigenvalue weighted by atomic mass is 10.1. The lowest BCUT2D eigenvalue weighted by Gasteiger charge is -2.11. The molecule has 0 aliphatic rings. The third-order valence-electron chi connectivity index (χ3n) is 2.09. The number of ether oxygens (including phenoxy) is 1. The van der Waals surface area contributed by atoms with Crippen LogP contribution in [0.3, 0.4) is 0 Å². The number of aromatic nitrogens is 1. The molecule has 1 aromatic heterocycles. The summed E-state index contributed by atoms with van der Waals surface area (Å²) >= 11 is 0. The van der Waals surface area contributed by atoms with E-state index in [1.54, 1.807) is 0 Å². The maximum absolute atomic E-state index is 12.6. The zero-order valence-electron chi connectivity index (χ0n) is 9.48. The highest BCUT2D eigenvalue weighted by Gasteiger charge is 2.36. The first-order valence-corrected chi connectivity index (χ1v) is 4.98. The molecule has 0 fully saturated rings. The second-order valence-corrected chi connectivity index (χ2v) is 3.36. The van der Waals surface area contributed by atoms with Gasteiger partial charge in [-0.1, -0.05) is 0 Å². The summed E-state index contributed by atoms with van der Waals surface area (Å²) < 4.78 is 66.9. The average Bonchev–Trinajstić information content (AvgIpc) is 2.26. The quantitative estimate of drug-likeness (QED) is 0.685. The second kappa shape index (κ2) is 5.37. The first-order valence-electron chi connectivity index (χ1n) is 4.98. The molecule has 0 aromatic carbocycles. The van der Waals surface area contributed by atoms with Crippen molar-refractivity contribution in [2.24, 2.45) is 0 Å². The van der Waals surface area contributed by atoms with Gasteiger partial charge in [-0.25, -0.2) is 13.6 Å². The summed E-state index contributed by atoms with van der Waals surface area (Å²) in [6.45, 7) is 1.15. The molecule has 19 heavy (non-hydrogen) atoms. The maximum atomic E-state index is 12.6. The molecule has 1 rings (SSSR count). The number of H-pyrrole nitrogens is 1. The molecule has 0 atom stereocenters. The highest BCUT2D eigenvalue weighted by atomic mass is 19.4. The molecule has 106 valence electrons. The van der Waals surface area contributed by atoms with Crippen molar-refractivity contribution >= 4 is 5.97 Å². The third kappa shape index (κ3) is 3.30. The van der Waals surface area contributed by atoms with E-state index in [-0.39, 0.29) is 12.7 Å². The second-order valence-electron chi connectivity index (χ2n) is 3.36. The predicted octanol–water partition coefficient (Wildman–Crippen LogP) is 2.51. The molecule has 0 spiro atoms. The zero-order chi connectivity index (χ0) is 14.8. The van der Waals surface area contributed by atoms with Gasteiger partial charge in [0.2, 0.25) is 0 Å². The summed E-state index contributed by atoms with van der Waals surface area (Å²) in [6, 6.07) is 0.0678. The van der Waals surface area contributed by atoms with Crippen molar-refractivity contribution in [1.82, 2.24) is 4.98 Å². The van der Waals surface area contributed by atoms with Gasteiger partial charge in [0.05, 0.1) is 17.9 Å². The van der Waals surface area contributed by atoms with Crippen LogP contribution < -0.4 is 5.56 Å². The summed E-state index contributed by atoms with van der Waals surface area (Å²) in [5.74, 6) is -1.36. The minimum atomic E-state index is -5.06. The summed E-state index contributed by atoms with van der Waals surface area (Å²) in [6.07, 6.45) is -8.37. The number of hydrogen-bond acceptors (Lipinski definition) is 3. The lowest BCUT2D eigenvalue weighted by molar-refractivity contribution is -0.138. The van der Waals surface area contributed by atoms with Crippen LogP contribution in [0.4, 0.5) is 22.0 Å². The number of nitrogens with one attached hydrogen (secondary N) is 1. The Morgan fingerprint density at radius 3 is 2.42 bits per heavy atom. The van der Waals surface area contributed by atoms with Gasteiger partial charge >= 0.3 is 12.1 Å². The smallest absolute Gasteiger partial charge is 0.421 e. The largest absolute Gasteiger partial charge is 0.462 e. The third-order valence-corrected chi connectivity index (χ3v) is 2.09. The van der Waals surface area contributed by atoms with Gasteiger partial charge in [-0.05, 0) is 13.0 Å². The number of carbonyl (C=O) groups is 1. The number of rotatable bonds is 3. The van der Waals surface area contributed by atoms with Crippen molar-refractivity contribution in [1.29, 1.82) is 0 Å². The van der Waals surface area contributed by atoms with Gasteiger partial charge in [0, 0.05) is 0 Å². The van der Waals surface area contributed by atoms with Gasteiger partial charge in [-0.15, -0.1) is 0 Å². The van der Waals surface area contributed by atoms with Crippen LogP contribution in [0.2, 0.25) is 0 Å². The van der Waals surface area contributed by atoms with Crippen molar-refractivity contribution in [2.75, 3.05) is 6.61 Å². The Morgan fingerprint density at radius 2 is 2.00 bits per heavy atom. The molecular weight excluding hydrogens is 277 g/mol. The molecular formula is C10H8F5NO3. The minimum absolute atomic E-state index is 0.0678. The van der Waals surface area contributed by atoms with E-state index in [1.807, 2.05) is 0 Å². The van der Waals surface area contributed by atoms with Crippen LogP contribution in [0.15, 0.2) is 10.9 Å². The zero-order valence-corrected chi connectivity index (χ0v) is 9.48. The van der Waals surface area contributed by atoms with Gasteiger partial charge in [-0.2, -0.15) is 13.2 Å². The highest BCUT2D eigenvalue weighted by molar-refractivity contribution is 5.90. The van der Waals surface area contributed by atoms with E-state index < -0.39 is 41.0 Å². The molecule has 0 saturated heterocycles. The van der Waals surface area contributed by atoms with Gasteiger partial charge in [0.15, 0.2) is 0 Å². The molecule has 0 bridgehead atoms. The molecule has 1 heterocycles. The number of pyridine rings is 1. The number of carbonyl (C=O) groups excluding carboxylic acids is 1. The molecule has 0 unspecified atom stereocenters. The number of halogens is 5. The Kier molecular flexibility index (Phi) is 4.28. The van der Waals surface area contributed by atoms with Gasteiger partial charge in [0.25, 0.3) is 12.0 Å². The van der Waals surface area contributed by atoms with E-state index in [0.29, 0.717) is 0 Å². The fourth-order valence-electron chi connectivity index (χ4n) is 1.31. The average molecular weight is 285 g/mol. The molecule has 0 radical (unpaired) electrons. The van der Waals surface area contributed by atoms with Crippen LogP contribution in [-0.2, 0) is 10.9 Å². The standard InChI is InChI=1S/C10H8F5NO3/c1-2-19-9(18)4-3-5(10(13,14)15)8(17)16-6(4)7(11)12/h3,7H,2H2,1H3,(H,16,17). The Hall–Kier alpha value is -1.93. The molecule has 9 heteroatoms. The molecule has 0 aliphatic heterocycles. The first kappa shape index (κ1) is 15.1. The Labute approximate surface area is 103 Å². The number of hydrogen-bond donors (Lipinski definition) is 1. The van der Waals surface area contributed by atoms with Crippen molar-refractivity contribution in [3.63, 3.8) is 0 Å². The van der Waals surface area contributed by atoms with Gasteiger partial charge in [-0.3, -0.25) is 4.79 Å². The number of aromatic amines is 1. The van der Waals surface area contributed by atoms with Crippen molar-refractivity contribution < 1.29 is 31.5 Å². The molecule has 4 nitrogen and oxygen atoms in total. The molecule has 1 aromatic rings. The summed E-state index contributed by atoms with van der Waals surface area (Å²) in [7, 11) is 0. The molecule has 1 N–H and O–H groups in total. The monoisotopic (exact) mass is 285 g/mol. The van der Waals surface area contributed by atoms with Crippen LogP contribution in [0.1, 0.15) is 35.0 Å². The maximum Gasteiger partial charge on any atom is 0.421 e. The topological polar surface area (TPSA) is 59.2 Å². The molecule has 0 saturated carbocycles. The lowest BCUT2D eigenvalue weighted by Crippen LogP contribution is -2.25. The van der Waals surface area contributed by atoms with Gasteiger partial charge < -0.3 is 9.72 Å². The summed E-state index contributed by atoms with van der Waals surface area (Å²) in [5.41, 5.74) is -5.68. The van der Waals surface area contributed by atoms with Crippen molar-refractivity contribution in [3.05, 3.63) is 33.2 Å². The Balaban J connectivity index is 3.49. The van der Waals surface area contributed by atoms with Crippen LogP contribution in [0.25, 0.3) is 0 Å². The van der Waals surface area contributed by atoms with Crippen LogP contribution in [-0.4, -0.2) is 17.6 Å². The Morgan fingerprint density at radius 1 is 1.42 bits per heavy atom. The summed E-state index contributed by atoms with van der Waals surface area (Å²) in [4.78, 5) is 23.7. The first-order chi connectivity index (χ1) is 8.68. The minimum Gasteiger partial charge on any atom is -0.462 e. The molecule has 0 aliphatic carbocycles. The normalized spacial score (nSPS) is 11.7. The van der Waals surface area contributed by atoms with Gasteiger partial charge in [0.1, 0.15) is 5.56 Å². The fourth-order valence-corrected chi connectivity index (χ4v) is 1.31. The number of alkyl halides is 5. The predicted molar refractivity (Wildman–Crippen MR) is 53.0 cm³/mol. The summed E-state index contributed by atoms with van der Waals surface area (Å²) in [5, 5.41) is 0. The van der Waals surface area contributed by atoms with Crippen LogP contribution in [0, 0.1) is 0 Å². The van der Waals surface area contributed by atoms with E-state index in [2.05, 4.69) is 4.74 Å². The van der Waals surface area contributed by atoms with E-state index in [1.165, 1.54) is 11.9 Å². The Bertz CT molecular complexity index is 535. The van der Waals surface area contributed by atoms with E-state index in [9.17, 15) is 31.5 Å². The van der Waals surface area contributed by atoms with Crippen molar-refractivity contribution in [2.45, 2.75) is 19.5 Å². The fraction of sp³-hybridized carbons (Fsp3) is 0.400. The molecule has 0 amide bonds.